The fourth-order valence-electron chi connectivity index (χ4n) is 3.18. The summed E-state index contributed by atoms with van der Waals surface area (Å²) >= 11 is 1.51. The van der Waals surface area contributed by atoms with Gasteiger partial charge in [-0.2, -0.15) is 5.26 Å². The predicted octanol–water partition coefficient (Wildman–Crippen LogP) is 4.28. The molecule has 0 spiro atoms. The number of nitrogens with one attached hydrogen (secondary N) is 1. The molecule has 0 unspecified atom stereocenters. The molecule has 6 nitrogen and oxygen atoms in total. The number of carbonyl (C=O) groups excluding carboxylic acids is 1. The quantitative estimate of drug-likeness (QED) is 0.448. The van der Waals surface area contributed by atoms with Crippen LogP contribution in [0.1, 0.15) is 47.8 Å². The number of hydrogen-bond acceptors (Lipinski definition) is 6. The van der Waals surface area contributed by atoms with Crippen LogP contribution in [0, 0.1) is 11.3 Å². The minimum absolute atomic E-state index is 0.207. The van der Waals surface area contributed by atoms with E-state index in [1.165, 1.54) is 22.6 Å². The number of anilines is 1. The van der Waals surface area contributed by atoms with Crippen molar-refractivity contribution in [2.75, 3.05) is 19.0 Å². The number of nitriles is 1. The smallest absolute Gasteiger partial charge is 0.265 e. The van der Waals surface area contributed by atoms with Crippen molar-refractivity contribution < 1.29 is 14.4 Å². The molecular formula is C21H23N3O3S. The minimum Gasteiger partial charge on any atom is -0.497 e. The standard InChI is InChI=1S/C21H23N3O3S/c1-14(15-8-10-16(26-2)11-9-15)24-27-13-20(25)23-21-18(12-22)17-6-4-3-5-7-19(17)28-21/h8-11H,3-7,13H2,1-2H3,(H,23,25)/b24-14-. The van der Waals surface area contributed by atoms with E-state index in [0.717, 1.165) is 42.6 Å². The Morgan fingerprint density at radius 3 is 2.71 bits per heavy atom. The van der Waals surface area contributed by atoms with Crippen molar-refractivity contribution in [3.05, 3.63) is 45.8 Å². The number of thiophene rings is 1. The van der Waals surface area contributed by atoms with E-state index in [1.807, 2.05) is 31.2 Å². The first-order chi connectivity index (χ1) is 13.6. The molecule has 146 valence electrons. The normalized spacial score (nSPS) is 13.8. The Hall–Kier alpha value is -2.85. The zero-order valence-corrected chi connectivity index (χ0v) is 16.9. The van der Waals surface area contributed by atoms with Crippen LogP contribution in [-0.4, -0.2) is 25.3 Å². The number of aryl methyl sites for hydroxylation is 1. The van der Waals surface area contributed by atoms with Crippen molar-refractivity contribution in [1.29, 1.82) is 5.26 Å². The number of nitrogens with zero attached hydrogens (tertiary/aromatic N) is 2. The molecule has 0 atom stereocenters. The van der Waals surface area contributed by atoms with E-state index in [4.69, 9.17) is 9.57 Å². The summed E-state index contributed by atoms with van der Waals surface area (Å²) in [5.41, 5.74) is 3.26. The van der Waals surface area contributed by atoms with Gasteiger partial charge in [-0.15, -0.1) is 11.3 Å². The van der Waals surface area contributed by atoms with Crippen molar-refractivity contribution in [3.8, 4) is 11.8 Å². The summed E-state index contributed by atoms with van der Waals surface area (Å²) in [6.07, 6.45) is 5.30. The average molecular weight is 398 g/mol. The lowest BCUT2D eigenvalue weighted by Gasteiger charge is -2.05. The Morgan fingerprint density at radius 2 is 2.00 bits per heavy atom. The van der Waals surface area contributed by atoms with E-state index in [9.17, 15) is 10.1 Å². The van der Waals surface area contributed by atoms with Gasteiger partial charge in [0.05, 0.1) is 18.4 Å². The first kappa shape index (κ1) is 19.9. The number of benzene rings is 1. The van der Waals surface area contributed by atoms with Gasteiger partial charge >= 0.3 is 0 Å². The lowest BCUT2D eigenvalue weighted by atomic mass is 10.1. The fraction of sp³-hybridized carbons (Fsp3) is 0.381. The number of amides is 1. The first-order valence-corrected chi connectivity index (χ1v) is 10.1. The highest BCUT2D eigenvalue weighted by atomic mass is 32.1. The lowest BCUT2D eigenvalue weighted by Crippen LogP contribution is -2.17. The molecular weight excluding hydrogens is 374 g/mol. The summed E-state index contributed by atoms with van der Waals surface area (Å²) in [4.78, 5) is 18.7. The van der Waals surface area contributed by atoms with Crippen molar-refractivity contribution in [2.45, 2.75) is 39.0 Å². The molecule has 0 saturated heterocycles. The van der Waals surface area contributed by atoms with Gasteiger partial charge in [-0.3, -0.25) is 4.79 Å². The predicted molar refractivity (Wildman–Crippen MR) is 110 cm³/mol. The zero-order chi connectivity index (χ0) is 19.9. The summed E-state index contributed by atoms with van der Waals surface area (Å²) in [6, 6.07) is 9.68. The van der Waals surface area contributed by atoms with Gasteiger partial charge in [0.2, 0.25) is 0 Å². The van der Waals surface area contributed by atoms with E-state index >= 15 is 0 Å². The van der Waals surface area contributed by atoms with E-state index in [1.54, 1.807) is 7.11 Å². The highest BCUT2D eigenvalue weighted by molar-refractivity contribution is 7.16. The highest BCUT2D eigenvalue weighted by Crippen LogP contribution is 2.36. The lowest BCUT2D eigenvalue weighted by molar-refractivity contribution is -0.120. The Balaban J connectivity index is 1.59. The number of ether oxygens (including phenoxy) is 1. The van der Waals surface area contributed by atoms with Crippen LogP contribution in [0.3, 0.4) is 0 Å². The van der Waals surface area contributed by atoms with Crippen LogP contribution < -0.4 is 10.1 Å². The molecule has 1 aromatic carbocycles. The van der Waals surface area contributed by atoms with Gasteiger partial charge in [0.1, 0.15) is 16.8 Å². The van der Waals surface area contributed by atoms with Crippen molar-refractivity contribution in [1.82, 2.24) is 0 Å². The van der Waals surface area contributed by atoms with Crippen molar-refractivity contribution in [3.63, 3.8) is 0 Å². The van der Waals surface area contributed by atoms with Crippen LogP contribution in [0.2, 0.25) is 0 Å². The molecule has 0 radical (unpaired) electrons. The summed E-state index contributed by atoms with van der Waals surface area (Å²) < 4.78 is 5.13. The summed E-state index contributed by atoms with van der Waals surface area (Å²) in [6.45, 7) is 1.60. The van der Waals surface area contributed by atoms with Crippen molar-refractivity contribution >= 4 is 28.0 Å². The fourth-order valence-corrected chi connectivity index (χ4v) is 4.44. The van der Waals surface area contributed by atoms with Crippen molar-refractivity contribution in [2.24, 2.45) is 5.16 Å². The summed E-state index contributed by atoms with van der Waals surface area (Å²) in [5, 5.41) is 17.0. The molecule has 1 aromatic heterocycles. The Kier molecular flexibility index (Phi) is 6.66. The van der Waals surface area contributed by atoms with E-state index in [0.29, 0.717) is 16.3 Å². The maximum atomic E-state index is 12.2. The van der Waals surface area contributed by atoms with Gasteiger partial charge in [-0.1, -0.05) is 11.6 Å². The van der Waals surface area contributed by atoms with Gasteiger partial charge in [0, 0.05) is 4.88 Å². The van der Waals surface area contributed by atoms with Crippen LogP contribution in [-0.2, 0) is 22.5 Å². The minimum atomic E-state index is -0.320. The molecule has 0 bridgehead atoms. The molecule has 3 rings (SSSR count). The Bertz CT molecular complexity index is 910. The number of rotatable bonds is 6. The molecule has 28 heavy (non-hydrogen) atoms. The molecule has 1 amide bonds. The number of carbonyl (C=O) groups is 1. The Morgan fingerprint density at radius 1 is 1.25 bits per heavy atom. The van der Waals surface area contributed by atoms with Crippen LogP contribution in [0.15, 0.2) is 29.4 Å². The molecule has 0 saturated carbocycles. The number of fused-ring (bicyclic) bond motifs is 1. The maximum Gasteiger partial charge on any atom is 0.265 e. The largest absolute Gasteiger partial charge is 0.497 e. The van der Waals surface area contributed by atoms with Gasteiger partial charge in [-0.25, -0.2) is 0 Å². The third-order valence-corrected chi connectivity index (χ3v) is 5.90. The van der Waals surface area contributed by atoms with Gasteiger partial charge in [-0.05, 0) is 68.0 Å². The SMILES string of the molecule is COc1ccc(/C(C)=N\OCC(=O)Nc2sc3c(c2C#N)CCCCC3)cc1. The van der Waals surface area contributed by atoms with Crippen LogP contribution >= 0.6 is 11.3 Å². The third-order valence-electron chi connectivity index (χ3n) is 4.69. The molecule has 7 heteroatoms. The third kappa shape index (κ3) is 4.70. The van der Waals surface area contributed by atoms with Crippen LogP contribution in [0.25, 0.3) is 0 Å². The van der Waals surface area contributed by atoms with Gasteiger partial charge in [0.15, 0.2) is 6.61 Å². The first-order valence-electron chi connectivity index (χ1n) is 9.28. The molecule has 1 N–H and O–H groups in total. The second-order valence-electron chi connectivity index (χ2n) is 6.61. The summed E-state index contributed by atoms with van der Waals surface area (Å²) in [7, 11) is 1.61. The van der Waals surface area contributed by atoms with Crippen LogP contribution in [0.4, 0.5) is 5.00 Å². The molecule has 1 aliphatic carbocycles. The molecule has 0 fully saturated rings. The molecule has 1 aliphatic rings. The zero-order valence-electron chi connectivity index (χ0n) is 16.1. The monoisotopic (exact) mass is 397 g/mol. The topological polar surface area (TPSA) is 83.7 Å². The van der Waals surface area contributed by atoms with Gasteiger partial charge < -0.3 is 14.9 Å². The maximum absolute atomic E-state index is 12.2. The molecule has 2 aromatic rings. The average Bonchev–Trinajstić information content (AvgIpc) is 2.86. The van der Waals surface area contributed by atoms with E-state index in [-0.39, 0.29) is 12.5 Å². The summed E-state index contributed by atoms with van der Waals surface area (Å²) in [5.74, 6) is 0.443. The van der Waals surface area contributed by atoms with Crippen LogP contribution in [0.5, 0.6) is 5.75 Å². The highest BCUT2D eigenvalue weighted by Gasteiger charge is 2.21. The van der Waals surface area contributed by atoms with E-state index < -0.39 is 0 Å². The second kappa shape index (κ2) is 9.38. The van der Waals surface area contributed by atoms with Gasteiger partial charge in [0.25, 0.3) is 5.91 Å². The number of oxime groups is 1. The van der Waals surface area contributed by atoms with E-state index in [2.05, 4.69) is 16.5 Å². The number of hydrogen-bond donors (Lipinski definition) is 1. The number of methoxy groups -OCH3 is 1. The second-order valence-corrected chi connectivity index (χ2v) is 7.71. The Labute approximate surface area is 168 Å². The molecule has 0 aliphatic heterocycles. The molecule has 1 heterocycles.